The van der Waals surface area contributed by atoms with E-state index in [-0.39, 0.29) is 0 Å². The van der Waals surface area contributed by atoms with E-state index in [0.29, 0.717) is 12.8 Å². The Morgan fingerprint density at radius 2 is 1.82 bits per heavy atom. The second kappa shape index (κ2) is 3.19. The Morgan fingerprint density at radius 3 is 2.09 bits per heavy atom. The van der Waals surface area contributed by atoms with E-state index in [9.17, 15) is 4.79 Å². The minimum atomic E-state index is -0.863. The van der Waals surface area contributed by atoms with E-state index in [0.717, 1.165) is 19.3 Å². The summed E-state index contributed by atoms with van der Waals surface area (Å²) in [6.45, 7) is 0. The van der Waals surface area contributed by atoms with Crippen molar-refractivity contribution in [2.45, 2.75) is 37.7 Å². The highest BCUT2D eigenvalue weighted by molar-refractivity contribution is 5.83. The number of rotatable bonds is 2. The molecule has 0 aromatic rings. The number of hydrogen-bond acceptors (Lipinski definition) is 3. The molecule has 0 aliphatic heterocycles. The summed E-state index contributed by atoms with van der Waals surface area (Å²) in [5.41, 5.74) is 4.31. The van der Waals surface area contributed by atoms with E-state index in [4.69, 9.17) is 11.6 Å². The molecule has 4 N–H and O–H groups in total. The van der Waals surface area contributed by atoms with Gasteiger partial charge in [-0.25, -0.2) is 5.90 Å². The number of primary amides is 1. The maximum absolute atomic E-state index is 10.9. The van der Waals surface area contributed by atoms with Crippen LogP contribution in [-0.4, -0.2) is 11.5 Å². The van der Waals surface area contributed by atoms with Gasteiger partial charge in [0.25, 0.3) is 5.91 Å². The van der Waals surface area contributed by atoms with E-state index < -0.39 is 11.5 Å². The number of amides is 1. The molecule has 0 radical (unpaired) electrons. The van der Waals surface area contributed by atoms with Crippen LogP contribution in [0.4, 0.5) is 0 Å². The third-order valence-corrected chi connectivity index (χ3v) is 2.34. The quantitative estimate of drug-likeness (QED) is 0.558. The van der Waals surface area contributed by atoms with Gasteiger partial charge in [0.2, 0.25) is 0 Å². The first kappa shape index (κ1) is 8.49. The van der Waals surface area contributed by atoms with Crippen LogP contribution in [0, 0.1) is 0 Å². The second-order valence-electron chi connectivity index (χ2n) is 3.04. The van der Waals surface area contributed by atoms with Gasteiger partial charge in [-0.15, -0.1) is 0 Å². The fourth-order valence-electron chi connectivity index (χ4n) is 1.55. The van der Waals surface area contributed by atoms with Gasteiger partial charge in [-0.3, -0.25) is 9.63 Å². The lowest BCUT2D eigenvalue weighted by Gasteiger charge is -2.31. The van der Waals surface area contributed by atoms with Gasteiger partial charge in [-0.05, 0) is 25.7 Å². The number of carbonyl (C=O) groups excluding carboxylic acids is 1. The number of nitrogens with two attached hydrogens (primary N) is 2. The van der Waals surface area contributed by atoms with Crippen LogP contribution in [0.25, 0.3) is 0 Å². The zero-order chi connectivity index (χ0) is 8.32. The Balaban J connectivity index is 2.64. The Morgan fingerprint density at radius 1 is 1.27 bits per heavy atom. The zero-order valence-electron chi connectivity index (χ0n) is 6.51. The van der Waals surface area contributed by atoms with E-state index >= 15 is 0 Å². The average Bonchev–Trinajstić information content (AvgIpc) is 2.05. The molecule has 0 spiro atoms. The second-order valence-corrected chi connectivity index (χ2v) is 3.04. The van der Waals surface area contributed by atoms with Gasteiger partial charge in [0.05, 0.1) is 0 Å². The maximum atomic E-state index is 10.9. The first-order valence-electron chi connectivity index (χ1n) is 3.89. The SMILES string of the molecule is NOC1(C(N)=O)CCCCC1. The van der Waals surface area contributed by atoms with Crippen molar-refractivity contribution in [3.05, 3.63) is 0 Å². The highest BCUT2D eigenvalue weighted by Crippen LogP contribution is 2.29. The summed E-state index contributed by atoms with van der Waals surface area (Å²) in [5.74, 6) is 4.61. The lowest BCUT2D eigenvalue weighted by Crippen LogP contribution is -2.49. The Kier molecular flexibility index (Phi) is 2.46. The molecule has 0 heterocycles. The average molecular weight is 158 g/mol. The summed E-state index contributed by atoms with van der Waals surface area (Å²) in [4.78, 5) is 15.6. The minimum Gasteiger partial charge on any atom is -0.367 e. The third-order valence-electron chi connectivity index (χ3n) is 2.34. The maximum Gasteiger partial charge on any atom is 0.251 e. The van der Waals surface area contributed by atoms with Crippen LogP contribution >= 0.6 is 0 Å². The first-order chi connectivity index (χ1) is 5.21. The standard InChI is InChI=1S/C7H14N2O2/c8-6(10)7(11-9)4-2-1-3-5-7/h1-5,9H2,(H2,8,10). The van der Waals surface area contributed by atoms with Crippen LogP contribution in [0.3, 0.4) is 0 Å². The molecule has 0 aromatic carbocycles. The van der Waals surface area contributed by atoms with E-state index in [2.05, 4.69) is 4.84 Å². The largest absolute Gasteiger partial charge is 0.367 e. The molecule has 64 valence electrons. The molecule has 0 atom stereocenters. The van der Waals surface area contributed by atoms with Crippen LogP contribution in [-0.2, 0) is 9.63 Å². The lowest BCUT2D eigenvalue weighted by atomic mass is 9.84. The van der Waals surface area contributed by atoms with Crippen LogP contribution in [0.5, 0.6) is 0 Å². The van der Waals surface area contributed by atoms with Crippen LogP contribution < -0.4 is 11.6 Å². The smallest absolute Gasteiger partial charge is 0.251 e. The molecule has 11 heavy (non-hydrogen) atoms. The molecule has 1 rings (SSSR count). The van der Waals surface area contributed by atoms with Gasteiger partial charge in [-0.1, -0.05) is 6.42 Å². The first-order valence-corrected chi connectivity index (χ1v) is 3.89. The predicted octanol–water partition coefficient (Wildman–Crippen LogP) is 0.0649. The molecule has 4 nitrogen and oxygen atoms in total. The molecule has 1 saturated carbocycles. The molecular formula is C7H14N2O2. The molecule has 0 aromatic heterocycles. The minimum absolute atomic E-state index is 0.431. The van der Waals surface area contributed by atoms with Crippen molar-refractivity contribution in [2.75, 3.05) is 0 Å². The molecule has 1 amide bonds. The van der Waals surface area contributed by atoms with E-state index in [1.165, 1.54) is 0 Å². The molecule has 1 aliphatic rings. The normalized spacial score (nSPS) is 23.0. The molecule has 1 fully saturated rings. The van der Waals surface area contributed by atoms with Crippen molar-refractivity contribution in [2.24, 2.45) is 11.6 Å². The summed E-state index contributed by atoms with van der Waals surface area (Å²) >= 11 is 0. The molecule has 0 bridgehead atoms. The molecule has 0 unspecified atom stereocenters. The van der Waals surface area contributed by atoms with Gasteiger partial charge in [0, 0.05) is 0 Å². The van der Waals surface area contributed by atoms with Crippen LogP contribution in [0.1, 0.15) is 32.1 Å². The predicted molar refractivity (Wildman–Crippen MR) is 40.3 cm³/mol. The molecule has 1 aliphatic carbocycles. The van der Waals surface area contributed by atoms with E-state index in [1.807, 2.05) is 0 Å². The van der Waals surface area contributed by atoms with Crippen LogP contribution in [0.15, 0.2) is 0 Å². The summed E-state index contributed by atoms with van der Waals surface area (Å²) in [7, 11) is 0. The van der Waals surface area contributed by atoms with Crippen molar-refractivity contribution >= 4 is 5.91 Å². The number of hydrogen-bond donors (Lipinski definition) is 2. The van der Waals surface area contributed by atoms with Gasteiger partial charge in [-0.2, -0.15) is 0 Å². The molecule has 0 saturated heterocycles. The highest BCUT2D eigenvalue weighted by Gasteiger charge is 2.38. The summed E-state index contributed by atoms with van der Waals surface area (Å²) in [6, 6.07) is 0. The summed E-state index contributed by atoms with van der Waals surface area (Å²) in [5, 5.41) is 0. The van der Waals surface area contributed by atoms with Gasteiger partial charge >= 0.3 is 0 Å². The zero-order valence-corrected chi connectivity index (χ0v) is 6.51. The topological polar surface area (TPSA) is 78.3 Å². The monoisotopic (exact) mass is 158 g/mol. The van der Waals surface area contributed by atoms with Crippen molar-refractivity contribution in [3.8, 4) is 0 Å². The third kappa shape index (κ3) is 1.52. The van der Waals surface area contributed by atoms with Crippen molar-refractivity contribution < 1.29 is 9.63 Å². The van der Waals surface area contributed by atoms with Gasteiger partial charge < -0.3 is 5.73 Å². The Labute approximate surface area is 65.8 Å². The fourth-order valence-corrected chi connectivity index (χ4v) is 1.55. The summed E-state index contributed by atoms with van der Waals surface area (Å²) < 4.78 is 0. The van der Waals surface area contributed by atoms with Crippen LogP contribution in [0.2, 0.25) is 0 Å². The lowest BCUT2D eigenvalue weighted by molar-refractivity contribution is -0.149. The summed E-state index contributed by atoms with van der Waals surface area (Å²) in [6.07, 6.45) is 4.41. The van der Waals surface area contributed by atoms with Gasteiger partial charge in [0.15, 0.2) is 5.60 Å². The van der Waals surface area contributed by atoms with Crippen molar-refractivity contribution in [1.29, 1.82) is 0 Å². The van der Waals surface area contributed by atoms with E-state index in [1.54, 1.807) is 0 Å². The Hall–Kier alpha value is -0.610. The molecular weight excluding hydrogens is 144 g/mol. The highest BCUT2D eigenvalue weighted by atomic mass is 16.6. The van der Waals surface area contributed by atoms with Crippen molar-refractivity contribution in [3.63, 3.8) is 0 Å². The molecule has 4 heteroatoms. The van der Waals surface area contributed by atoms with Crippen molar-refractivity contribution in [1.82, 2.24) is 0 Å². The number of carbonyl (C=O) groups is 1. The Bertz CT molecular complexity index is 153. The van der Waals surface area contributed by atoms with Gasteiger partial charge in [0.1, 0.15) is 0 Å². The fraction of sp³-hybridized carbons (Fsp3) is 0.857.